The number of hydrogen-bond donors (Lipinski definition) is 1. The molecule has 1 atom stereocenters. The lowest BCUT2D eigenvalue weighted by Gasteiger charge is -2.21. The molecule has 0 bridgehead atoms. The van der Waals surface area contributed by atoms with Gasteiger partial charge < -0.3 is 10.5 Å². The van der Waals surface area contributed by atoms with Gasteiger partial charge in [0.25, 0.3) is 0 Å². The third kappa shape index (κ3) is 3.74. The first kappa shape index (κ1) is 14.4. The molecule has 0 amide bonds. The predicted molar refractivity (Wildman–Crippen MR) is 80.7 cm³/mol. The lowest BCUT2D eigenvalue weighted by Crippen LogP contribution is -2.15. The van der Waals surface area contributed by atoms with E-state index in [1.165, 1.54) is 31.3 Å². The number of hydrogen-bond acceptors (Lipinski definition) is 2. The third-order valence-corrected chi connectivity index (χ3v) is 3.99. The van der Waals surface area contributed by atoms with Crippen molar-refractivity contribution in [2.24, 2.45) is 5.73 Å². The Morgan fingerprint density at radius 2 is 2.00 bits per heavy atom. The average molecular weight is 280 g/mol. The van der Waals surface area contributed by atoms with Crippen LogP contribution >= 0.6 is 11.6 Å². The van der Waals surface area contributed by atoms with Crippen molar-refractivity contribution in [1.29, 1.82) is 0 Å². The molecule has 0 saturated heterocycles. The maximum Gasteiger partial charge on any atom is 0.124 e. The normalized spacial score (nSPS) is 20.9. The Labute approximate surface area is 120 Å². The second-order valence-electron chi connectivity index (χ2n) is 5.10. The summed E-state index contributed by atoms with van der Waals surface area (Å²) in [6, 6.07) is 5.54. The van der Waals surface area contributed by atoms with Gasteiger partial charge in [-0.1, -0.05) is 36.1 Å². The van der Waals surface area contributed by atoms with Crippen LogP contribution in [0.5, 0.6) is 5.75 Å². The second kappa shape index (κ2) is 6.97. The summed E-state index contributed by atoms with van der Waals surface area (Å²) in [6.45, 7) is 0. The molecule has 3 heteroatoms. The van der Waals surface area contributed by atoms with Crippen molar-refractivity contribution in [2.75, 3.05) is 7.11 Å². The molecule has 0 aromatic heterocycles. The van der Waals surface area contributed by atoms with Gasteiger partial charge in [0.05, 0.1) is 13.2 Å². The van der Waals surface area contributed by atoms with Gasteiger partial charge in [-0.25, -0.2) is 0 Å². The van der Waals surface area contributed by atoms with Crippen LogP contribution in [0.15, 0.2) is 29.8 Å². The highest BCUT2D eigenvalue weighted by atomic mass is 35.5. The molecule has 0 fully saturated rings. The van der Waals surface area contributed by atoms with Crippen molar-refractivity contribution in [3.63, 3.8) is 0 Å². The topological polar surface area (TPSA) is 35.2 Å². The van der Waals surface area contributed by atoms with Gasteiger partial charge in [-0.2, -0.15) is 0 Å². The lowest BCUT2D eigenvalue weighted by atomic mass is 9.91. The van der Waals surface area contributed by atoms with E-state index in [1.54, 1.807) is 7.11 Å². The standard InChI is InChI=1S/C16H22ClNO/c1-19-15-10-9-13(17)11-14(15)16(18)12-7-5-3-2-4-6-8-12/h7,9-11,16H,2-6,8,18H2,1H3/b12-7+. The van der Waals surface area contributed by atoms with Gasteiger partial charge in [0.1, 0.15) is 5.75 Å². The van der Waals surface area contributed by atoms with E-state index in [9.17, 15) is 0 Å². The summed E-state index contributed by atoms with van der Waals surface area (Å²) >= 11 is 6.08. The zero-order chi connectivity index (χ0) is 13.7. The van der Waals surface area contributed by atoms with Crippen molar-refractivity contribution in [1.82, 2.24) is 0 Å². The molecule has 19 heavy (non-hydrogen) atoms. The number of allylic oxidation sites excluding steroid dienone is 1. The number of ether oxygens (including phenoxy) is 1. The molecule has 2 rings (SSSR count). The summed E-state index contributed by atoms with van der Waals surface area (Å²) in [5, 5.41) is 0.706. The smallest absolute Gasteiger partial charge is 0.124 e. The van der Waals surface area contributed by atoms with E-state index in [1.807, 2.05) is 18.2 Å². The van der Waals surface area contributed by atoms with Crippen molar-refractivity contribution in [2.45, 2.75) is 44.6 Å². The molecule has 1 aliphatic rings. The van der Waals surface area contributed by atoms with E-state index >= 15 is 0 Å². The van der Waals surface area contributed by atoms with Gasteiger partial charge in [-0.15, -0.1) is 0 Å². The van der Waals surface area contributed by atoms with E-state index in [-0.39, 0.29) is 6.04 Å². The van der Waals surface area contributed by atoms with Crippen molar-refractivity contribution >= 4 is 11.6 Å². The number of methoxy groups -OCH3 is 1. The summed E-state index contributed by atoms with van der Waals surface area (Å²) < 4.78 is 5.40. The molecule has 1 aromatic carbocycles. The lowest BCUT2D eigenvalue weighted by molar-refractivity contribution is 0.407. The van der Waals surface area contributed by atoms with Crippen LogP contribution in [0.25, 0.3) is 0 Å². The van der Waals surface area contributed by atoms with Crippen molar-refractivity contribution < 1.29 is 4.74 Å². The number of halogens is 1. The largest absolute Gasteiger partial charge is 0.496 e. The fourth-order valence-corrected chi connectivity index (χ4v) is 2.83. The summed E-state index contributed by atoms with van der Waals surface area (Å²) in [7, 11) is 1.67. The molecule has 0 heterocycles. The molecule has 2 nitrogen and oxygen atoms in total. The van der Waals surface area contributed by atoms with Crippen LogP contribution in [0, 0.1) is 0 Å². The molecule has 1 aromatic rings. The van der Waals surface area contributed by atoms with Gasteiger partial charge in [0, 0.05) is 10.6 Å². The predicted octanol–water partition coefficient (Wildman–Crippen LogP) is 4.63. The minimum Gasteiger partial charge on any atom is -0.496 e. The van der Waals surface area contributed by atoms with E-state index in [4.69, 9.17) is 22.1 Å². The highest BCUT2D eigenvalue weighted by molar-refractivity contribution is 6.30. The van der Waals surface area contributed by atoms with Crippen LogP contribution in [0.1, 0.15) is 50.1 Å². The van der Waals surface area contributed by atoms with E-state index in [2.05, 4.69) is 6.08 Å². The molecular formula is C16H22ClNO. The first-order chi connectivity index (χ1) is 9.22. The Bertz CT molecular complexity index is 456. The highest BCUT2D eigenvalue weighted by Gasteiger charge is 2.17. The van der Waals surface area contributed by atoms with E-state index in [0.29, 0.717) is 5.02 Å². The first-order valence-electron chi connectivity index (χ1n) is 7.00. The molecular weight excluding hydrogens is 258 g/mol. The van der Waals surface area contributed by atoms with Crippen LogP contribution in [0.4, 0.5) is 0 Å². The molecule has 0 spiro atoms. The Balaban J connectivity index is 2.26. The van der Waals surface area contributed by atoms with Gasteiger partial charge in [0.2, 0.25) is 0 Å². The second-order valence-corrected chi connectivity index (χ2v) is 5.53. The van der Waals surface area contributed by atoms with Crippen LogP contribution < -0.4 is 10.5 Å². The summed E-state index contributed by atoms with van der Waals surface area (Å²) in [5.41, 5.74) is 8.74. The SMILES string of the molecule is COc1ccc(Cl)cc1C(N)/C1=C/CCCCCC1. The number of rotatable bonds is 3. The number of nitrogens with two attached hydrogens (primary N) is 1. The minimum atomic E-state index is -0.105. The maximum atomic E-state index is 6.43. The van der Waals surface area contributed by atoms with Crippen molar-refractivity contribution in [3.8, 4) is 5.75 Å². The molecule has 1 unspecified atom stereocenters. The Morgan fingerprint density at radius 3 is 2.79 bits per heavy atom. The van der Waals surface area contributed by atoms with Gasteiger partial charge >= 0.3 is 0 Å². The van der Waals surface area contributed by atoms with Gasteiger partial charge in [0.15, 0.2) is 0 Å². The molecule has 1 aliphatic carbocycles. The summed E-state index contributed by atoms with van der Waals surface area (Å²) in [6.07, 6.45) is 9.65. The molecule has 2 N–H and O–H groups in total. The number of benzene rings is 1. The Morgan fingerprint density at radius 1 is 1.21 bits per heavy atom. The summed E-state index contributed by atoms with van der Waals surface area (Å²) in [5.74, 6) is 0.819. The monoisotopic (exact) mass is 279 g/mol. The zero-order valence-electron chi connectivity index (χ0n) is 11.5. The van der Waals surface area contributed by atoms with Crippen LogP contribution in [0.2, 0.25) is 5.02 Å². The summed E-state index contributed by atoms with van der Waals surface area (Å²) in [4.78, 5) is 0. The maximum absolute atomic E-state index is 6.43. The van der Waals surface area contributed by atoms with Gasteiger partial charge in [-0.3, -0.25) is 0 Å². The first-order valence-corrected chi connectivity index (χ1v) is 7.38. The van der Waals surface area contributed by atoms with Crippen LogP contribution in [0.3, 0.4) is 0 Å². The Kier molecular flexibility index (Phi) is 5.29. The van der Waals surface area contributed by atoms with Gasteiger partial charge in [-0.05, 0) is 43.9 Å². The third-order valence-electron chi connectivity index (χ3n) is 3.75. The highest BCUT2D eigenvalue weighted by Crippen LogP contribution is 2.33. The molecule has 0 radical (unpaired) electrons. The van der Waals surface area contributed by atoms with E-state index in [0.717, 1.165) is 24.2 Å². The van der Waals surface area contributed by atoms with E-state index < -0.39 is 0 Å². The molecule has 104 valence electrons. The Hall–Kier alpha value is -0.990. The van der Waals surface area contributed by atoms with Crippen LogP contribution in [-0.2, 0) is 0 Å². The van der Waals surface area contributed by atoms with Crippen LogP contribution in [-0.4, -0.2) is 7.11 Å². The minimum absolute atomic E-state index is 0.105. The van der Waals surface area contributed by atoms with Crippen molar-refractivity contribution in [3.05, 3.63) is 40.4 Å². The molecule has 0 saturated carbocycles. The average Bonchev–Trinajstić information content (AvgIpc) is 2.37. The quantitative estimate of drug-likeness (QED) is 0.819. The fourth-order valence-electron chi connectivity index (χ4n) is 2.65. The fraction of sp³-hybridized carbons (Fsp3) is 0.500. The molecule has 0 aliphatic heterocycles. The zero-order valence-corrected chi connectivity index (χ0v) is 12.2.